The van der Waals surface area contributed by atoms with Crippen LogP contribution in [0.2, 0.25) is 0 Å². The molecular formula is C19H23NO3. The van der Waals surface area contributed by atoms with Crippen molar-refractivity contribution in [3.05, 3.63) is 54.1 Å². The van der Waals surface area contributed by atoms with Gasteiger partial charge in [0.05, 0.1) is 25.4 Å². The molecule has 0 aliphatic rings. The number of carbonyl (C=O) groups is 1. The lowest BCUT2D eigenvalue weighted by molar-refractivity contribution is 0.0745. The molecule has 0 atom stereocenters. The molecule has 0 aromatic heterocycles. The van der Waals surface area contributed by atoms with Crippen LogP contribution in [0.3, 0.4) is 0 Å². The summed E-state index contributed by atoms with van der Waals surface area (Å²) in [7, 11) is 1.57. The normalized spacial score (nSPS) is 10.6. The standard InChI is InChI=1S/C19H23NO3/c1-14(2)23-12-11-20-19(21)17-13-16(9-10-18(17)22-3)15-7-5-4-6-8-15/h4-10,13-14H,11-12H2,1-3H3,(H,20,21). The third-order valence-corrected chi connectivity index (χ3v) is 3.39. The Hall–Kier alpha value is -2.33. The van der Waals surface area contributed by atoms with Gasteiger partial charge in [0.2, 0.25) is 0 Å². The molecule has 0 unspecified atom stereocenters. The zero-order chi connectivity index (χ0) is 16.7. The Kier molecular flexibility index (Phi) is 6.18. The van der Waals surface area contributed by atoms with E-state index >= 15 is 0 Å². The van der Waals surface area contributed by atoms with Gasteiger partial charge in [-0.1, -0.05) is 36.4 Å². The van der Waals surface area contributed by atoms with Crippen LogP contribution < -0.4 is 10.1 Å². The first kappa shape index (κ1) is 17.0. The van der Waals surface area contributed by atoms with E-state index in [-0.39, 0.29) is 12.0 Å². The van der Waals surface area contributed by atoms with Crippen molar-refractivity contribution in [1.29, 1.82) is 0 Å². The second kappa shape index (κ2) is 8.34. The first-order valence-corrected chi connectivity index (χ1v) is 7.75. The molecule has 0 heterocycles. The number of amides is 1. The highest BCUT2D eigenvalue weighted by Crippen LogP contribution is 2.26. The summed E-state index contributed by atoms with van der Waals surface area (Å²) in [6.07, 6.45) is 0.155. The summed E-state index contributed by atoms with van der Waals surface area (Å²) in [5, 5.41) is 2.86. The minimum absolute atomic E-state index is 0.155. The predicted octanol–water partition coefficient (Wildman–Crippen LogP) is 3.52. The first-order chi connectivity index (χ1) is 11.1. The summed E-state index contributed by atoms with van der Waals surface area (Å²) in [6, 6.07) is 15.6. The van der Waals surface area contributed by atoms with Gasteiger partial charge in [-0.05, 0) is 37.1 Å². The lowest BCUT2D eigenvalue weighted by atomic mass is 10.0. The third-order valence-electron chi connectivity index (χ3n) is 3.39. The van der Waals surface area contributed by atoms with Crippen LogP contribution in [0.1, 0.15) is 24.2 Å². The SMILES string of the molecule is COc1ccc(-c2ccccc2)cc1C(=O)NCCOC(C)C. The van der Waals surface area contributed by atoms with Gasteiger partial charge in [-0.15, -0.1) is 0 Å². The average Bonchev–Trinajstić information content (AvgIpc) is 2.58. The highest BCUT2D eigenvalue weighted by molar-refractivity contribution is 5.98. The zero-order valence-corrected chi connectivity index (χ0v) is 13.8. The van der Waals surface area contributed by atoms with Gasteiger partial charge in [-0.2, -0.15) is 0 Å². The van der Waals surface area contributed by atoms with Gasteiger partial charge in [0, 0.05) is 6.54 Å². The number of nitrogens with one attached hydrogen (secondary N) is 1. The molecule has 4 nitrogen and oxygen atoms in total. The van der Waals surface area contributed by atoms with Crippen LogP contribution in [0.4, 0.5) is 0 Å². The summed E-state index contributed by atoms with van der Waals surface area (Å²) in [5.41, 5.74) is 2.57. The van der Waals surface area contributed by atoms with Gasteiger partial charge in [-0.25, -0.2) is 0 Å². The molecule has 1 N–H and O–H groups in total. The fourth-order valence-electron chi connectivity index (χ4n) is 2.25. The van der Waals surface area contributed by atoms with Crippen molar-refractivity contribution in [2.24, 2.45) is 0 Å². The maximum atomic E-state index is 12.4. The van der Waals surface area contributed by atoms with Crippen molar-refractivity contribution in [1.82, 2.24) is 5.32 Å². The molecule has 23 heavy (non-hydrogen) atoms. The fraction of sp³-hybridized carbons (Fsp3) is 0.316. The predicted molar refractivity (Wildman–Crippen MR) is 91.9 cm³/mol. The van der Waals surface area contributed by atoms with E-state index in [0.29, 0.717) is 24.5 Å². The van der Waals surface area contributed by atoms with E-state index in [1.54, 1.807) is 7.11 Å². The van der Waals surface area contributed by atoms with E-state index in [4.69, 9.17) is 9.47 Å². The van der Waals surface area contributed by atoms with Crippen LogP contribution in [0.5, 0.6) is 5.75 Å². The van der Waals surface area contributed by atoms with Crippen LogP contribution in [-0.2, 0) is 4.74 Å². The van der Waals surface area contributed by atoms with Crippen molar-refractivity contribution in [2.75, 3.05) is 20.3 Å². The molecule has 0 aliphatic carbocycles. The van der Waals surface area contributed by atoms with Crippen LogP contribution in [0.25, 0.3) is 11.1 Å². The molecule has 122 valence electrons. The summed E-state index contributed by atoms with van der Waals surface area (Å²) in [6.45, 7) is 4.89. The van der Waals surface area contributed by atoms with Gasteiger partial charge in [-0.3, -0.25) is 4.79 Å². The molecular weight excluding hydrogens is 290 g/mol. The van der Waals surface area contributed by atoms with Crippen LogP contribution in [-0.4, -0.2) is 32.3 Å². The number of hydrogen-bond acceptors (Lipinski definition) is 3. The molecule has 0 saturated carbocycles. The van der Waals surface area contributed by atoms with Crippen molar-refractivity contribution in [3.63, 3.8) is 0 Å². The second-order valence-corrected chi connectivity index (χ2v) is 5.46. The lowest BCUT2D eigenvalue weighted by Gasteiger charge is -2.12. The lowest BCUT2D eigenvalue weighted by Crippen LogP contribution is -2.28. The highest BCUT2D eigenvalue weighted by Gasteiger charge is 2.13. The van der Waals surface area contributed by atoms with Gasteiger partial charge < -0.3 is 14.8 Å². The molecule has 0 saturated heterocycles. The van der Waals surface area contributed by atoms with E-state index < -0.39 is 0 Å². The minimum Gasteiger partial charge on any atom is -0.496 e. The smallest absolute Gasteiger partial charge is 0.255 e. The van der Waals surface area contributed by atoms with Crippen molar-refractivity contribution in [2.45, 2.75) is 20.0 Å². The molecule has 2 aromatic rings. The molecule has 4 heteroatoms. The quantitative estimate of drug-likeness (QED) is 0.796. The third kappa shape index (κ3) is 4.83. The Bertz CT molecular complexity index is 638. The van der Waals surface area contributed by atoms with E-state index in [1.807, 2.05) is 62.4 Å². The van der Waals surface area contributed by atoms with E-state index in [9.17, 15) is 4.79 Å². The molecule has 1 amide bonds. The summed E-state index contributed by atoms with van der Waals surface area (Å²) in [4.78, 5) is 12.4. The van der Waals surface area contributed by atoms with E-state index in [2.05, 4.69) is 5.32 Å². The number of hydrogen-bond donors (Lipinski definition) is 1. The zero-order valence-electron chi connectivity index (χ0n) is 13.8. The molecule has 0 bridgehead atoms. The van der Waals surface area contributed by atoms with Gasteiger partial charge in [0.15, 0.2) is 0 Å². The van der Waals surface area contributed by atoms with Crippen molar-refractivity contribution < 1.29 is 14.3 Å². The van der Waals surface area contributed by atoms with Crippen LogP contribution >= 0.6 is 0 Å². The first-order valence-electron chi connectivity index (χ1n) is 7.75. The molecule has 2 rings (SSSR count). The fourth-order valence-corrected chi connectivity index (χ4v) is 2.25. The number of benzene rings is 2. The summed E-state index contributed by atoms with van der Waals surface area (Å²) >= 11 is 0. The van der Waals surface area contributed by atoms with Gasteiger partial charge in [0.25, 0.3) is 5.91 Å². The average molecular weight is 313 g/mol. The molecule has 0 fully saturated rings. The Morgan fingerprint density at radius 2 is 1.83 bits per heavy atom. The summed E-state index contributed by atoms with van der Waals surface area (Å²) < 4.78 is 10.7. The molecule has 2 aromatic carbocycles. The second-order valence-electron chi connectivity index (χ2n) is 5.46. The number of methoxy groups -OCH3 is 1. The van der Waals surface area contributed by atoms with E-state index in [0.717, 1.165) is 11.1 Å². The van der Waals surface area contributed by atoms with Crippen LogP contribution in [0.15, 0.2) is 48.5 Å². The van der Waals surface area contributed by atoms with Crippen LogP contribution in [0, 0.1) is 0 Å². The van der Waals surface area contributed by atoms with Gasteiger partial charge in [0.1, 0.15) is 5.75 Å². The van der Waals surface area contributed by atoms with Crippen molar-refractivity contribution >= 4 is 5.91 Å². The molecule has 0 aliphatic heterocycles. The van der Waals surface area contributed by atoms with Crippen molar-refractivity contribution in [3.8, 4) is 16.9 Å². The largest absolute Gasteiger partial charge is 0.496 e. The van der Waals surface area contributed by atoms with E-state index in [1.165, 1.54) is 0 Å². The molecule has 0 radical (unpaired) electrons. The monoisotopic (exact) mass is 313 g/mol. The number of carbonyl (C=O) groups excluding carboxylic acids is 1. The maximum Gasteiger partial charge on any atom is 0.255 e. The Morgan fingerprint density at radius 1 is 1.09 bits per heavy atom. The summed E-state index contributed by atoms with van der Waals surface area (Å²) in [5.74, 6) is 0.402. The number of ether oxygens (including phenoxy) is 2. The topological polar surface area (TPSA) is 47.6 Å². The Labute approximate surface area is 137 Å². The maximum absolute atomic E-state index is 12.4. The highest BCUT2D eigenvalue weighted by atomic mass is 16.5. The van der Waals surface area contributed by atoms with Gasteiger partial charge >= 0.3 is 0 Å². The Morgan fingerprint density at radius 3 is 2.48 bits per heavy atom. The molecule has 0 spiro atoms. The minimum atomic E-state index is -0.160. The Balaban J connectivity index is 2.14. The number of rotatable bonds is 7.